The molecule has 2 nitrogen and oxygen atoms in total. The van der Waals surface area contributed by atoms with E-state index < -0.39 is 12.2 Å². The van der Waals surface area contributed by atoms with Crippen molar-refractivity contribution >= 4 is 0 Å². The second-order valence-electron chi connectivity index (χ2n) is 1.73. The molecule has 1 rings (SSSR count). The Hall–Kier alpha value is -0.520. The number of hydrogen-bond donors (Lipinski definition) is 1. The molecule has 0 aromatic rings. The highest BCUT2D eigenvalue weighted by atomic mass is 16.5. The maximum atomic E-state index is 8.99. The van der Waals surface area contributed by atoms with Gasteiger partial charge in [-0.25, -0.2) is 0 Å². The van der Waals surface area contributed by atoms with Gasteiger partial charge < -0.3 is 9.84 Å². The first-order chi connectivity index (χ1) is 4.34. The van der Waals surface area contributed by atoms with Crippen LogP contribution in [0.2, 0.25) is 0 Å². The lowest BCUT2D eigenvalue weighted by Crippen LogP contribution is -2.31. The largest absolute Gasteiger partial charge is 0.389 e. The second kappa shape index (κ2) is 2.86. The van der Waals surface area contributed by atoms with Gasteiger partial charge in [-0.3, -0.25) is 0 Å². The number of terminal acetylenes is 1. The Labute approximate surface area is 54.8 Å². The van der Waals surface area contributed by atoms with E-state index >= 15 is 0 Å². The smallest absolute Gasteiger partial charge is 0.144 e. The fourth-order valence-electron chi connectivity index (χ4n) is 0.608. The van der Waals surface area contributed by atoms with Gasteiger partial charge in [-0.1, -0.05) is 5.92 Å². The molecule has 0 unspecified atom stereocenters. The van der Waals surface area contributed by atoms with Gasteiger partial charge in [-0.2, -0.15) is 0 Å². The Morgan fingerprint density at radius 2 is 2.44 bits per heavy atom. The van der Waals surface area contributed by atoms with Crippen LogP contribution in [0.4, 0.5) is 0 Å². The van der Waals surface area contributed by atoms with Crippen LogP contribution in [0.25, 0.3) is 0 Å². The summed E-state index contributed by atoms with van der Waals surface area (Å²) < 4.78 is 4.84. The molecule has 1 aliphatic heterocycles. The summed E-state index contributed by atoms with van der Waals surface area (Å²) in [4.78, 5) is 0. The Kier molecular flexibility index (Phi) is 2.10. The number of rotatable bonds is 0. The molecule has 0 aliphatic carbocycles. The van der Waals surface area contributed by atoms with E-state index in [1.807, 2.05) is 0 Å². The summed E-state index contributed by atoms with van der Waals surface area (Å²) in [6, 6.07) is 0. The van der Waals surface area contributed by atoms with Gasteiger partial charge in [0, 0.05) is 0 Å². The van der Waals surface area contributed by atoms with Crippen LogP contribution >= 0.6 is 0 Å². The molecule has 47 valence electrons. The zero-order valence-corrected chi connectivity index (χ0v) is 4.82. The predicted octanol–water partition coefficient (Wildman–Crippen LogP) is -0.0503. The maximum absolute atomic E-state index is 8.99. The fraction of sp³-hybridized carbons (Fsp3) is 0.286. The average Bonchev–Trinajstić information content (AvgIpc) is 1.89. The third kappa shape index (κ3) is 1.44. The predicted molar refractivity (Wildman–Crippen MR) is 32.6 cm³/mol. The Balaban J connectivity index is 2.41. The zero-order chi connectivity index (χ0) is 6.69. The molecular formula is C7H7O2. The van der Waals surface area contributed by atoms with Crippen molar-refractivity contribution in [1.29, 1.82) is 0 Å². The molecule has 0 amide bonds. The van der Waals surface area contributed by atoms with Crippen LogP contribution in [-0.2, 0) is 4.74 Å². The highest BCUT2D eigenvalue weighted by Gasteiger charge is 2.21. The molecule has 1 aliphatic rings. The van der Waals surface area contributed by atoms with Crippen LogP contribution in [0.3, 0.4) is 0 Å². The van der Waals surface area contributed by atoms with Gasteiger partial charge in [0.25, 0.3) is 0 Å². The van der Waals surface area contributed by atoms with Gasteiger partial charge in [-0.05, 0) is 12.8 Å². The third-order valence-corrected chi connectivity index (χ3v) is 1.09. The molecule has 1 fully saturated rings. The molecule has 3 radical (unpaired) electrons. The number of aliphatic hydroxyl groups is 1. The lowest BCUT2D eigenvalue weighted by Gasteiger charge is -2.22. The molecule has 0 aromatic heterocycles. The Bertz CT molecular complexity index is 125. The van der Waals surface area contributed by atoms with Gasteiger partial charge in [0.05, 0.1) is 12.7 Å². The summed E-state index contributed by atoms with van der Waals surface area (Å²) in [5.74, 6) is 2.30. The minimum Gasteiger partial charge on any atom is -0.389 e. The van der Waals surface area contributed by atoms with Crippen molar-refractivity contribution in [2.45, 2.75) is 12.2 Å². The molecule has 0 bridgehead atoms. The van der Waals surface area contributed by atoms with E-state index in [-0.39, 0.29) is 0 Å². The van der Waals surface area contributed by atoms with Gasteiger partial charge in [0.2, 0.25) is 0 Å². The van der Waals surface area contributed by atoms with Crippen LogP contribution in [0.5, 0.6) is 0 Å². The van der Waals surface area contributed by atoms with Crippen molar-refractivity contribution in [1.82, 2.24) is 0 Å². The number of hydrogen-bond acceptors (Lipinski definition) is 2. The second-order valence-corrected chi connectivity index (χ2v) is 1.73. The van der Waals surface area contributed by atoms with Crippen molar-refractivity contribution in [3.05, 3.63) is 19.4 Å². The SMILES string of the molecule is C#C[C@@H]1O[CH][CH][CH][C@H]1O. The maximum Gasteiger partial charge on any atom is 0.144 e. The highest BCUT2D eigenvalue weighted by Crippen LogP contribution is 2.13. The van der Waals surface area contributed by atoms with Crippen LogP contribution in [0.15, 0.2) is 0 Å². The zero-order valence-electron chi connectivity index (χ0n) is 4.82. The van der Waals surface area contributed by atoms with E-state index in [0.29, 0.717) is 0 Å². The van der Waals surface area contributed by atoms with Crippen LogP contribution < -0.4 is 0 Å². The molecule has 1 heterocycles. The van der Waals surface area contributed by atoms with Gasteiger partial charge in [0.15, 0.2) is 0 Å². The first kappa shape index (κ1) is 6.60. The molecule has 1 saturated heterocycles. The van der Waals surface area contributed by atoms with Crippen LogP contribution in [0, 0.1) is 31.8 Å². The molecule has 9 heavy (non-hydrogen) atoms. The van der Waals surface area contributed by atoms with E-state index in [1.165, 1.54) is 6.61 Å². The topological polar surface area (TPSA) is 29.5 Å². The van der Waals surface area contributed by atoms with E-state index in [9.17, 15) is 0 Å². The van der Waals surface area contributed by atoms with Crippen molar-refractivity contribution in [2.24, 2.45) is 0 Å². The quantitative estimate of drug-likeness (QED) is 0.457. The number of ether oxygens (including phenoxy) is 1. The lowest BCUT2D eigenvalue weighted by atomic mass is 10.1. The first-order valence-corrected chi connectivity index (χ1v) is 2.64. The van der Waals surface area contributed by atoms with Crippen LogP contribution in [0.1, 0.15) is 0 Å². The summed E-state index contributed by atoms with van der Waals surface area (Å²) in [6.07, 6.45) is 7.06. The average molecular weight is 123 g/mol. The van der Waals surface area contributed by atoms with Crippen LogP contribution in [-0.4, -0.2) is 17.3 Å². The van der Waals surface area contributed by atoms with Crippen molar-refractivity contribution < 1.29 is 9.84 Å². The van der Waals surface area contributed by atoms with Gasteiger partial charge in [0.1, 0.15) is 6.10 Å². The minimum absolute atomic E-state index is 0.505. The van der Waals surface area contributed by atoms with E-state index in [0.717, 1.165) is 0 Å². The van der Waals surface area contributed by atoms with Crippen molar-refractivity contribution in [3.8, 4) is 12.3 Å². The summed E-state index contributed by atoms with van der Waals surface area (Å²) in [7, 11) is 0. The number of aliphatic hydroxyl groups excluding tert-OH is 1. The molecule has 1 N–H and O–H groups in total. The molecular weight excluding hydrogens is 116 g/mol. The third-order valence-electron chi connectivity index (χ3n) is 1.09. The van der Waals surface area contributed by atoms with Gasteiger partial charge >= 0.3 is 0 Å². The fourth-order valence-corrected chi connectivity index (χ4v) is 0.608. The molecule has 2 heteroatoms. The normalized spacial score (nSPS) is 35.6. The highest BCUT2D eigenvalue weighted by molar-refractivity contribution is 5.12. The van der Waals surface area contributed by atoms with E-state index in [1.54, 1.807) is 12.8 Å². The lowest BCUT2D eigenvalue weighted by molar-refractivity contribution is 0.0313. The monoisotopic (exact) mass is 123 g/mol. The summed E-state index contributed by atoms with van der Waals surface area (Å²) >= 11 is 0. The summed E-state index contributed by atoms with van der Waals surface area (Å²) in [5.41, 5.74) is 0. The standard InChI is InChI=1S/C7H7O2/c1-2-7-6(8)4-3-5-9-7/h1,3-8H/t6-,7+/m1/s1. The minimum atomic E-state index is -0.653. The van der Waals surface area contributed by atoms with E-state index in [4.69, 9.17) is 16.3 Å². The van der Waals surface area contributed by atoms with Crippen molar-refractivity contribution in [2.75, 3.05) is 0 Å². The molecule has 2 atom stereocenters. The Morgan fingerprint density at radius 1 is 1.67 bits per heavy atom. The summed E-state index contributed by atoms with van der Waals surface area (Å²) in [5, 5.41) is 8.99. The molecule has 0 spiro atoms. The van der Waals surface area contributed by atoms with E-state index in [2.05, 4.69) is 5.92 Å². The molecule has 0 saturated carbocycles. The molecule has 0 aromatic carbocycles. The van der Waals surface area contributed by atoms with Gasteiger partial charge in [-0.15, -0.1) is 6.42 Å². The first-order valence-electron chi connectivity index (χ1n) is 2.64. The van der Waals surface area contributed by atoms with Crippen molar-refractivity contribution in [3.63, 3.8) is 0 Å². The Morgan fingerprint density at radius 3 is 2.89 bits per heavy atom. The summed E-state index contributed by atoms with van der Waals surface area (Å²) in [6.45, 7) is 1.47.